The summed E-state index contributed by atoms with van der Waals surface area (Å²) in [6.07, 6.45) is -5.83. The number of aliphatic hydroxyl groups excluding tert-OH is 1. The summed E-state index contributed by atoms with van der Waals surface area (Å²) in [5.74, 6) is -4.91. The van der Waals surface area contributed by atoms with E-state index in [9.17, 15) is 18.7 Å². The lowest BCUT2D eigenvalue weighted by Gasteiger charge is -2.42. The van der Waals surface area contributed by atoms with Crippen LogP contribution in [0.25, 0.3) is 20.9 Å². The average Bonchev–Trinajstić information content (AvgIpc) is 2.36. The first-order chi connectivity index (χ1) is 9.34. The Balaban J connectivity index is 3.13. The van der Waals surface area contributed by atoms with Crippen molar-refractivity contribution in [2.75, 3.05) is 6.54 Å². The van der Waals surface area contributed by atoms with E-state index >= 15 is 0 Å². The second-order valence-corrected chi connectivity index (χ2v) is 3.83. The third-order valence-corrected chi connectivity index (χ3v) is 2.49. The Bertz CT molecular complexity index is 476. The van der Waals surface area contributed by atoms with Gasteiger partial charge in [-0.05, 0) is 11.1 Å². The number of carbonyl (C=O) groups is 1. The molecule has 10 nitrogen and oxygen atoms in total. The average molecular weight is 292 g/mol. The van der Waals surface area contributed by atoms with Crippen molar-refractivity contribution in [1.29, 1.82) is 0 Å². The summed E-state index contributed by atoms with van der Waals surface area (Å²) in [4.78, 5) is 15.4. The van der Waals surface area contributed by atoms with Gasteiger partial charge in [0.25, 0.3) is 5.92 Å². The van der Waals surface area contributed by atoms with Gasteiger partial charge in [0, 0.05) is 16.7 Å². The summed E-state index contributed by atoms with van der Waals surface area (Å²) < 4.78 is 37.4. The molecule has 4 atom stereocenters. The maximum absolute atomic E-state index is 14.1. The van der Waals surface area contributed by atoms with Gasteiger partial charge in [0.1, 0.15) is 6.10 Å². The van der Waals surface area contributed by atoms with Crippen LogP contribution < -0.4 is 0 Å². The largest absolute Gasteiger partial charge is 0.453 e. The number of rotatable bonds is 4. The summed E-state index contributed by atoms with van der Waals surface area (Å²) in [6, 6.07) is -2.26. The first-order valence-electron chi connectivity index (χ1n) is 5.28. The predicted molar refractivity (Wildman–Crippen MR) is 58.3 cm³/mol. The fraction of sp³-hybridized carbons (Fsp3) is 0.875. The summed E-state index contributed by atoms with van der Waals surface area (Å²) in [5, 5.41) is 15.2. The minimum Gasteiger partial charge on any atom is -0.453 e. The van der Waals surface area contributed by atoms with E-state index in [-0.39, 0.29) is 0 Å². The minimum absolute atomic E-state index is 0.593. The molecule has 1 fully saturated rings. The van der Waals surface area contributed by atoms with Crippen LogP contribution in [-0.2, 0) is 14.3 Å². The van der Waals surface area contributed by atoms with E-state index < -0.39 is 43.0 Å². The van der Waals surface area contributed by atoms with E-state index in [1.807, 2.05) is 0 Å². The Morgan fingerprint density at radius 1 is 1.50 bits per heavy atom. The van der Waals surface area contributed by atoms with Crippen molar-refractivity contribution in [1.82, 2.24) is 0 Å². The zero-order valence-corrected chi connectivity index (χ0v) is 10.1. The van der Waals surface area contributed by atoms with Crippen molar-refractivity contribution in [2.24, 2.45) is 10.2 Å². The molecule has 0 amide bonds. The van der Waals surface area contributed by atoms with Crippen LogP contribution in [0, 0.1) is 0 Å². The molecule has 0 aliphatic carbocycles. The molecule has 0 radical (unpaired) electrons. The zero-order valence-electron chi connectivity index (χ0n) is 10.1. The maximum Gasteiger partial charge on any atom is 0.303 e. The number of ether oxygens (including phenoxy) is 2. The molecule has 1 heterocycles. The van der Waals surface area contributed by atoms with Crippen molar-refractivity contribution in [3.05, 3.63) is 20.9 Å². The lowest BCUT2D eigenvalue weighted by Crippen LogP contribution is -2.63. The fourth-order valence-corrected chi connectivity index (χ4v) is 1.71. The smallest absolute Gasteiger partial charge is 0.303 e. The van der Waals surface area contributed by atoms with Gasteiger partial charge < -0.3 is 14.6 Å². The van der Waals surface area contributed by atoms with Crippen LogP contribution in [0.15, 0.2) is 10.2 Å². The number of azide groups is 2. The highest BCUT2D eigenvalue weighted by Crippen LogP contribution is 2.38. The zero-order chi connectivity index (χ0) is 15.3. The first kappa shape index (κ1) is 15.9. The second kappa shape index (κ2) is 6.35. The van der Waals surface area contributed by atoms with E-state index in [1.165, 1.54) is 0 Å². The summed E-state index contributed by atoms with van der Waals surface area (Å²) in [7, 11) is 0. The Morgan fingerprint density at radius 2 is 2.15 bits per heavy atom. The SMILES string of the molecule is CC(=O)O[C@@H]1[C@@H](CN=[N+]=[N-])O[C@H](O)[C@H](N=[N+]=[N-])C1(F)F. The van der Waals surface area contributed by atoms with Crippen molar-refractivity contribution in [3.63, 3.8) is 0 Å². The lowest BCUT2D eigenvalue weighted by atomic mass is 9.96. The Morgan fingerprint density at radius 3 is 2.65 bits per heavy atom. The van der Waals surface area contributed by atoms with Crippen molar-refractivity contribution >= 4 is 5.97 Å². The van der Waals surface area contributed by atoms with Crippen LogP contribution in [0.4, 0.5) is 8.78 Å². The van der Waals surface area contributed by atoms with Crippen LogP contribution in [0.3, 0.4) is 0 Å². The third kappa shape index (κ3) is 3.25. The molecule has 0 saturated carbocycles. The van der Waals surface area contributed by atoms with Crippen LogP contribution in [-0.4, -0.2) is 48.1 Å². The quantitative estimate of drug-likeness (QED) is 0.358. The molecule has 1 saturated heterocycles. The highest BCUT2D eigenvalue weighted by molar-refractivity contribution is 5.66. The molecule has 0 bridgehead atoms. The van der Waals surface area contributed by atoms with Crippen LogP contribution >= 0.6 is 0 Å². The predicted octanol–water partition coefficient (Wildman–Crippen LogP) is 1.26. The molecule has 0 unspecified atom stereocenters. The number of halogens is 2. The molecule has 0 aromatic carbocycles. The topological polar surface area (TPSA) is 153 Å². The molecule has 1 aliphatic rings. The summed E-state index contributed by atoms with van der Waals surface area (Å²) >= 11 is 0. The molecule has 110 valence electrons. The van der Waals surface area contributed by atoms with Gasteiger partial charge in [0.05, 0.1) is 6.54 Å². The Hall–Kier alpha value is -2.13. The molecule has 0 spiro atoms. The summed E-state index contributed by atoms with van der Waals surface area (Å²) in [6.45, 7) is 0.304. The Kier molecular flexibility index (Phi) is 5.06. The molecule has 0 aromatic rings. The number of hydrogen-bond donors (Lipinski definition) is 1. The maximum atomic E-state index is 14.1. The normalized spacial score (nSPS) is 31.6. The monoisotopic (exact) mass is 292 g/mol. The van der Waals surface area contributed by atoms with Gasteiger partial charge in [0.2, 0.25) is 0 Å². The molecule has 1 N–H and O–H groups in total. The molecule has 20 heavy (non-hydrogen) atoms. The first-order valence-corrected chi connectivity index (χ1v) is 5.28. The number of hydrogen-bond acceptors (Lipinski definition) is 6. The van der Waals surface area contributed by atoms with Gasteiger partial charge in [-0.15, -0.1) is 0 Å². The van der Waals surface area contributed by atoms with Gasteiger partial charge in [-0.1, -0.05) is 10.2 Å². The molecular weight excluding hydrogens is 282 g/mol. The van der Waals surface area contributed by atoms with Gasteiger partial charge >= 0.3 is 5.97 Å². The van der Waals surface area contributed by atoms with Crippen LogP contribution in [0.5, 0.6) is 0 Å². The van der Waals surface area contributed by atoms with Crippen molar-refractivity contribution in [3.8, 4) is 0 Å². The van der Waals surface area contributed by atoms with E-state index in [2.05, 4.69) is 24.8 Å². The lowest BCUT2D eigenvalue weighted by molar-refractivity contribution is -0.292. The highest BCUT2D eigenvalue weighted by atomic mass is 19.3. The number of aliphatic hydroxyl groups is 1. The standard InChI is InChI=1S/C8H10F2N6O4/c1-3(17)19-6-4(2-13-15-11)20-7(18)5(14-16-12)8(6,9)10/h4-7,18H,2H2,1H3/t4-,5+,6-,7+/m1/s1. The number of carbonyl (C=O) groups excluding carboxylic acids is 1. The molecule has 1 aliphatic heterocycles. The fourth-order valence-electron chi connectivity index (χ4n) is 1.71. The van der Waals surface area contributed by atoms with E-state index in [0.717, 1.165) is 6.92 Å². The van der Waals surface area contributed by atoms with E-state index in [0.29, 0.717) is 0 Å². The van der Waals surface area contributed by atoms with Gasteiger partial charge in [-0.3, -0.25) is 4.79 Å². The van der Waals surface area contributed by atoms with Gasteiger partial charge in [-0.2, -0.15) is 0 Å². The van der Waals surface area contributed by atoms with Crippen LogP contribution in [0.1, 0.15) is 6.92 Å². The molecule has 0 aromatic heterocycles. The van der Waals surface area contributed by atoms with E-state index in [1.54, 1.807) is 0 Å². The molecular formula is C8H10F2N6O4. The molecule has 1 rings (SSSR count). The Labute approximate surface area is 110 Å². The van der Waals surface area contributed by atoms with Gasteiger partial charge in [0.15, 0.2) is 18.4 Å². The van der Waals surface area contributed by atoms with Crippen molar-refractivity contribution < 1.29 is 28.2 Å². The highest BCUT2D eigenvalue weighted by Gasteiger charge is 2.60. The summed E-state index contributed by atoms with van der Waals surface area (Å²) in [5.41, 5.74) is 16.4. The van der Waals surface area contributed by atoms with Gasteiger partial charge in [-0.25, -0.2) is 8.78 Å². The van der Waals surface area contributed by atoms with E-state index in [4.69, 9.17) is 15.8 Å². The number of alkyl halides is 2. The number of esters is 1. The van der Waals surface area contributed by atoms with Crippen LogP contribution in [0.2, 0.25) is 0 Å². The third-order valence-electron chi connectivity index (χ3n) is 2.49. The second-order valence-electron chi connectivity index (χ2n) is 3.83. The molecule has 12 heteroatoms. The van der Waals surface area contributed by atoms with Crippen molar-refractivity contribution in [2.45, 2.75) is 37.4 Å². The number of nitrogens with zero attached hydrogens (tertiary/aromatic N) is 6. The minimum atomic E-state index is -3.88.